The highest BCUT2D eigenvalue weighted by atomic mass is 16.5. The minimum absolute atomic E-state index is 0.463. The maximum absolute atomic E-state index is 12.8. The fourth-order valence-electron chi connectivity index (χ4n) is 3.18. The number of nitrogens with one attached hydrogen (secondary N) is 3. The average Bonchev–Trinajstić information content (AvgIpc) is 3.17. The number of rotatable bonds is 8. The third-order valence-electron chi connectivity index (χ3n) is 4.78. The van der Waals surface area contributed by atoms with Gasteiger partial charge in [-0.05, 0) is 31.2 Å². The predicted octanol–water partition coefficient (Wildman–Crippen LogP) is 4.07. The number of methoxy groups -OCH3 is 5. The first-order valence-corrected chi connectivity index (χ1v) is 9.61. The van der Waals surface area contributed by atoms with Crippen molar-refractivity contribution in [3.8, 4) is 40.0 Å². The van der Waals surface area contributed by atoms with Crippen molar-refractivity contribution < 1.29 is 28.5 Å². The summed E-state index contributed by atoms with van der Waals surface area (Å²) in [7, 11) is 7.67. The Bertz CT molecular complexity index is 1090. The third kappa shape index (κ3) is 4.48. The van der Waals surface area contributed by atoms with E-state index in [2.05, 4.69) is 20.8 Å². The van der Waals surface area contributed by atoms with Crippen LogP contribution in [0.4, 0.5) is 16.2 Å². The predicted molar refractivity (Wildman–Crippen MR) is 121 cm³/mol. The zero-order valence-corrected chi connectivity index (χ0v) is 18.8. The Labute approximate surface area is 185 Å². The quantitative estimate of drug-likeness (QED) is 0.481. The number of hydrogen-bond acceptors (Lipinski definition) is 7. The summed E-state index contributed by atoms with van der Waals surface area (Å²) in [5.74, 6) is 2.49. The van der Waals surface area contributed by atoms with Gasteiger partial charge in [-0.15, -0.1) is 0 Å². The molecule has 0 saturated carbocycles. The van der Waals surface area contributed by atoms with Gasteiger partial charge in [0.25, 0.3) is 0 Å². The summed E-state index contributed by atoms with van der Waals surface area (Å²) >= 11 is 0. The average molecular weight is 442 g/mol. The Balaban J connectivity index is 1.91. The zero-order chi connectivity index (χ0) is 23.3. The van der Waals surface area contributed by atoms with Crippen LogP contribution in [-0.2, 0) is 0 Å². The van der Waals surface area contributed by atoms with Gasteiger partial charge in [0.05, 0.1) is 52.6 Å². The fraction of sp³-hybridized carbons (Fsp3) is 0.273. The number of anilines is 2. The van der Waals surface area contributed by atoms with Crippen molar-refractivity contribution in [2.45, 2.75) is 6.92 Å². The first-order valence-electron chi connectivity index (χ1n) is 9.61. The summed E-state index contributed by atoms with van der Waals surface area (Å²) in [6, 6.07) is 8.15. The Kier molecular flexibility index (Phi) is 6.93. The van der Waals surface area contributed by atoms with Crippen LogP contribution < -0.4 is 34.3 Å². The maximum Gasteiger partial charge on any atom is 0.323 e. The Morgan fingerprint density at radius 2 is 1.50 bits per heavy atom. The molecular formula is C22H26N4O6. The topological polar surface area (TPSA) is 116 Å². The normalized spacial score (nSPS) is 10.3. The Hall–Kier alpha value is -4.08. The molecule has 1 heterocycles. The molecular weight excluding hydrogens is 416 g/mol. The Morgan fingerprint density at radius 1 is 0.844 bits per heavy atom. The molecule has 1 aromatic heterocycles. The summed E-state index contributed by atoms with van der Waals surface area (Å²) in [5, 5.41) is 12.9. The monoisotopic (exact) mass is 442 g/mol. The molecule has 0 unspecified atom stereocenters. The number of urea groups is 1. The van der Waals surface area contributed by atoms with Crippen LogP contribution in [0.2, 0.25) is 0 Å². The molecule has 0 aliphatic rings. The molecule has 170 valence electrons. The van der Waals surface area contributed by atoms with Gasteiger partial charge in [0.15, 0.2) is 11.5 Å². The molecule has 3 rings (SSSR count). The van der Waals surface area contributed by atoms with Gasteiger partial charge in [-0.3, -0.25) is 5.10 Å². The van der Waals surface area contributed by atoms with Gasteiger partial charge in [-0.1, -0.05) is 0 Å². The van der Waals surface area contributed by atoms with Gasteiger partial charge in [0, 0.05) is 11.6 Å². The SMILES string of the molecule is COc1ccc(NC(=O)Nc2c(-c3cc(OC)c(OC)c(OC)c3)n[nH]c2C)c(OC)c1. The highest BCUT2D eigenvalue weighted by Crippen LogP contribution is 2.42. The summed E-state index contributed by atoms with van der Waals surface area (Å²) in [6.07, 6.45) is 0. The number of aryl methyl sites for hydroxylation is 1. The van der Waals surface area contributed by atoms with Crippen molar-refractivity contribution in [1.29, 1.82) is 0 Å². The fourth-order valence-corrected chi connectivity index (χ4v) is 3.18. The van der Waals surface area contributed by atoms with Crippen LogP contribution in [0.5, 0.6) is 28.7 Å². The standard InChI is InChI=1S/C22H26N4O6/c1-12-19(24-22(27)23-15-8-7-14(28-2)11-16(15)29-3)20(26-25-12)13-9-17(30-4)21(32-6)18(10-13)31-5/h7-11H,1-6H3,(H,25,26)(H2,23,24,27). The van der Waals surface area contributed by atoms with E-state index in [9.17, 15) is 4.79 Å². The van der Waals surface area contributed by atoms with Crippen LogP contribution in [0.1, 0.15) is 5.69 Å². The van der Waals surface area contributed by atoms with Gasteiger partial charge >= 0.3 is 6.03 Å². The van der Waals surface area contributed by atoms with E-state index in [-0.39, 0.29) is 0 Å². The minimum Gasteiger partial charge on any atom is -0.497 e. The molecule has 0 bridgehead atoms. The lowest BCUT2D eigenvalue weighted by molar-refractivity contribution is 0.262. The van der Waals surface area contributed by atoms with E-state index < -0.39 is 6.03 Å². The molecule has 32 heavy (non-hydrogen) atoms. The molecule has 0 spiro atoms. The van der Waals surface area contributed by atoms with E-state index in [0.717, 1.165) is 0 Å². The second kappa shape index (κ2) is 9.82. The molecule has 0 fully saturated rings. The van der Waals surface area contributed by atoms with E-state index in [1.165, 1.54) is 28.4 Å². The number of hydrogen-bond donors (Lipinski definition) is 3. The van der Waals surface area contributed by atoms with E-state index in [4.69, 9.17) is 23.7 Å². The lowest BCUT2D eigenvalue weighted by Gasteiger charge is -2.15. The molecule has 2 amide bonds. The number of carbonyl (C=O) groups is 1. The van der Waals surface area contributed by atoms with Crippen molar-refractivity contribution in [1.82, 2.24) is 10.2 Å². The van der Waals surface area contributed by atoms with Crippen LogP contribution in [0.25, 0.3) is 11.3 Å². The number of benzene rings is 2. The van der Waals surface area contributed by atoms with Gasteiger partial charge in [0.2, 0.25) is 5.75 Å². The van der Waals surface area contributed by atoms with Crippen molar-refractivity contribution in [3.63, 3.8) is 0 Å². The number of ether oxygens (including phenoxy) is 5. The van der Waals surface area contributed by atoms with E-state index >= 15 is 0 Å². The van der Waals surface area contributed by atoms with Gasteiger partial charge in [-0.2, -0.15) is 5.10 Å². The first-order chi connectivity index (χ1) is 15.4. The molecule has 0 atom stereocenters. The number of H-pyrrole nitrogens is 1. The van der Waals surface area contributed by atoms with Crippen molar-refractivity contribution in [2.24, 2.45) is 0 Å². The highest BCUT2D eigenvalue weighted by molar-refractivity contribution is 6.03. The van der Waals surface area contributed by atoms with Gasteiger partial charge in [0.1, 0.15) is 17.2 Å². The van der Waals surface area contributed by atoms with Crippen LogP contribution in [-0.4, -0.2) is 51.8 Å². The van der Waals surface area contributed by atoms with Crippen molar-refractivity contribution in [2.75, 3.05) is 46.2 Å². The molecule has 0 aliphatic carbocycles. The van der Waals surface area contributed by atoms with Gasteiger partial charge in [-0.25, -0.2) is 4.79 Å². The number of aromatic amines is 1. The number of aromatic nitrogens is 2. The molecule has 3 aromatic rings. The minimum atomic E-state index is -0.466. The van der Waals surface area contributed by atoms with E-state index in [1.807, 2.05) is 0 Å². The van der Waals surface area contributed by atoms with Crippen LogP contribution in [0.3, 0.4) is 0 Å². The maximum atomic E-state index is 12.8. The number of carbonyl (C=O) groups excluding carboxylic acids is 1. The zero-order valence-electron chi connectivity index (χ0n) is 18.8. The molecule has 0 radical (unpaired) electrons. The largest absolute Gasteiger partial charge is 0.497 e. The summed E-state index contributed by atoms with van der Waals surface area (Å²) < 4.78 is 26.7. The first kappa shape index (κ1) is 22.6. The Morgan fingerprint density at radius 3 is 2.06 bits per heavy atom. The second-order valence-corrected chi connectivity index (χ2v) is 6.63. The summed E-state index contributed by atoms with van der Waals surface area (Å²) in [4.78, 5) is 12.8. The third-order valence-corrected chi connectivity index (χ3v) is 4.78. The van der Waals surface area contributed by atoms with E-state index in [1.54, 1.807) is 44.4 Å². The van der Waals surface area contributed by atoms with E-state index in [0.29, 0.717) is 57.1 Å². The lowest BCUT2D eigenvalue weighted by Crippen LogP contribution is -2.20. The van der Waals surface area contributed by atoms with Crippen LogP contribution in [0, 0.1) is 6.92 Å². The molecule has 10 heteroatoms. The number of nitrogens with zero attached hydrogens (tertiary/aromatic N) is 1. The second-order valence-electron chi connectivity index (χ2n) is 6.63. The van der Waals surface area contributed by atoms with Crippen LogP contribution in [0.15, 0.2) is 30.3 Å². The summed E-state index contributed by atoms with van der Waals surface area (Å²) in [5.41, 5.74) is 2.84. The lowest BCUT2D eigenvalue weighted by atomic mass is 10.1. The highest BCUT2D eigenvalue weighted by Gasteiger charge is 2.20. The molecule has 0 saturated heterocycles. The molecule has 10 nitrogen and oxygen atoms in total. The van der Waals surface area contributed by atoms with Gasteiger partial charge < -0.3 is 34.3 Å². The van der Waals surface area contributed by atoms with Crippen molar-refractivity contribution >= 4 is 17.4 Å². The molecule has 2 aromatic carbocycles. The molecule has 0 aliphatic heterocycles. The number of amides is 2. The molecule has 3 N–H and O–H groups in total. The van der Waals surface area contributed by atoms with Crippen molar-refractivity contribution in [3.05, 3.63) is 36.0 Å². The smallest absolute Gasteiger partial charge is 0.323 e. The summed E-state index contributed by atoms with van der Waals surface area (Å²) in [6.45, 7) is 1.80. The van der Waals surface area contributed by atoms with Crippen LogP contribution >= 0.6 is 0 Å².